The average molecular weight is 241 g/mol. The molecular weight excluding hydrogens is 218 g/mol. The van der Waals surface area contributed by atoms with E-state index >= 15 is 0 Å². The molecule has 1 heterocycles. The largest absolute Gasteiger partial charge is 0.323 e. The molecule has 1 atom stereocenters. The highest BCUT2D eigenvalue weighted by Gasteiger charge is 2.17. The van der Waals surface area contributed by atoms with E-state index in [-0.39, 0.29) is 6.04 Å². The number of aromatic nitrogens is 2. The van der Waals surface area contributed by atoms with E-state index < -0.39 is 0 Å². The molecule has 0 fully saturated rings. The summed E-state index contributed by atoms with van der Waals surface area (Å²) in [5.74, 6) is 1.18. The number of hydrogen-bond acceptors (Lipinski definition) is 4. The highest BCUT2D eigenvalue weighted by Crippen LogP contribution is 2.27. The van der Waals surface area contributed by atoms with Gasteiger partial charge in [0.2, 0.25) is 0 Å². The maximum absolute atomic E-state index is 6.19. The van der Waals surface area contributed by atoms with Gasteiger partial charge in [-0.05, 0) is 29.8 Å². The zero-order valence-electron chi connectivity index (χ0n) is 10.7. The number of nitrogens with two attached hydrogens (primary N) is 1. The van der Waals surface area contributed by atoms with Crippen molar-refractivity contribution in [2.24, 2.45) is 11.7 Å². The van der Waals surface area contributed by atoms with E-state index in [0.717, 1.165) is 18.0 Å². The minimum Gasteiger partial charge on any atom is -0.323 e. The Hall–Kier alpha value is -0.480. The maximum Gasteiger partial charge on any atom is 0.0828 e. The van der Waals surface area contributed by atoms with Crippen LogP contribution in [0.25, 0.3) is 0 Å². The molecule has 0 aliphatic rings. The quantitative estimate of drug-likeness (QED) is 0.829. The lowest BCUT2D eigenvalue weighted by atomic mass is 10.00. The smallest absolute Gasteiger partial charge is 0.0828 e. The van der Waals surface area contributed by atoms with Crippen LogP contribution in [0.4, 0.5) is 0 Å². The van der Waals surface area contributed by atoms with Crippen LogP contribution in [0.2, 0.25) is 0 Å². The van der Waals surface area contributed by atoms with Crippen molar-refractivity contribution in [2.45, 2.75) is 58.9 Å². The lowest BCUT2D eigenvalue weighted by Crippen LogP contribution is -2.11. The van der Waals surface area contributed by atoms with Crippen molar-refractivity contribution in [1.82, 2.24) is 9.59 Å². The first-order chi connectivity index (χ1) is 7.52. The summed E-state index contributed by atoms with van der Waals surface area (Å²) < 4.78 is 4.02. The van der Waals surface area contributed by atoms with Gasteiger partial charge in [-0.3, -0.25) is 0 Å². The molecule has 0 radical (unpaired) electrons. The third-order valence-corrected chi connectivity index (χ3v) is 3.59. The molecule has 2 N–H and O–H groups in total. The zero-order chi connectivity index (χ0) is 12.1. The van der Waals surface area contributed by atoms with E-state index in [4.69, 9.17) is 5.73 Å². The van der Waals surface area contributed by atoms with Gasteiger partial charge in [0.25, 0.3) is 0 Å². The number of rotatable bonds is 6. The highest BCUT2D eigenvalue weighted by molar-refractivity contribution is 7.05. The number of nitrogens with zero attached hydrogens (tertiary/aromatic N) is 2. The van der Waals surface area contributed by atoms with Crippen molar-refractivity contribution < 1.29 is 0 Å². The summed E-state index contributed by atoms with van der Waals surface area (Å²) in [5.41, 5.74) is 7.28. The lowest BCUT2D eigenvalue weighted by Gasteiger charge is -2.12. The van der Waals surface area contributed by atoms with Gasteiger partial charge < -0.3 is 5.73 Å². The summed E-state index contributed by atoms with van der Waals surface area (Å²) in [6.07, 6.45) is 3.48. The summed E-state index contributed by atoms with van der Waals surface area (Å²) in [7, 11) is 0. The zero-order valence-corrected chi connectivity index (χ0v) is 11.5. The maximum atomic E-state index is 6.19. The predicted molar refractivity (Wildman–Crippen MR) is 69.6 cm³/mol. The molecule has 1 aromatic heterocycles. The summed E-state index contributed by atoms with van der Waals surface area (Å²) in [5, 5.41) is 4.17. The lowest BCUT2D eigenvalue weighted by molar-refractivity contribution is 0.506. The Kier molecular flexibility index (Phi) is 5.35. The second-order valence-corrected chi connectivity index (χ2v) is 5.89. The summed E-state index contributed by atoms with van der Waals surface area (Å²) in [4.78, 5) is 1.18. The Bertz CT molecular complexity index is 307. The molecule has 0 saturated heterocycles. The molecule has 0 aliphatic heterocycles. The first-order valence-electron chi connectivity index (χ1n) is 6.10. The highest BCUT2D eigenvalue weighted by atomic mass is 32.1. The molecule has 0 spiro atoms. The van der Waals surface area contributed by atoms with Crippen molar-refractivity contribution in [3.8, 4) is 0 Å². The van der Waals surface area contributed by atoms with E-state index in [0.29, 0.717) is 5.92 Å². The van der Waals surface area contributed by atoms with Crippen molar-refractivity contribution >= 4 is 11.5 Å². The molecule has 1 unspecified atom stereocenters. The van der Waals surface area contributed by atoms with Gasteiger partial charge in [-0.25, -0.2) is 0 Å². The summed E-state index contributed by atoms with van der Waals surface area (Å²) in [6, 6.07) is 0.121. The monoisotopic (exact) mass is 241 g/mol. The fraction of sp³-hybridized carbons (Fsp3) is 0.833. The van der Waals surface area contributed by atoms with Gasteiger partial charge in [0.1, 0.15) is 0 Å². The fourth-order valence-corrected chi connectivity index (χ4v) is 2.58. The van der Waals surface area contributed by atoms with Gasteiger partial charge in [0.05, 0.1) is 10.6 Å². The van der Waals surface area contributed by atoms with E-state index in [1.807, 2.05) is 0 Å². The Morgan fingerprint density at radius 3 is 2.44 bits per heavy atom. The Morgan fingerprint density at radius 2 is 1.88 bits per heavy atom. The van der Waals surface area contributed by atoms with Gasteiger partial charge in [-0.2, -0.15) is 0 Å². The minimum absolute atomic E-state index is 0.121. The Balaban J connectivity index is 2.52. The molecule has 92 valence electrons. The van der Waals surface area contributed by atoms with Crippen LogP contribution < -0.4 is 5.73 Å². The Labute approximate surface area is 103 Å². The molecule has 0 saturated carbocycles. The van der Waals surface area contributed by atoms with Crippen LogP contribution in [-0.2, 0) is 0 Å². The van der Waals surface area contributed by atoms with Gasteiger partial charge >= 0.3 is 0 Å². The van der Waals surface area contributed by atoms with Crippen LogP contribution in [0, 0.1) is 5.92 Å². The molecule has 0 aliphatic carbocycles. The molecule has 0 bridgehead atoms. The minimum atomic E-state index is 0.121. The number of hydrogen-bond donors (Lipinski definition) is 1. The van der Waals surface area contributed by atoms with E-state index in [2.05, 4.69) is 37.3 Å². The van der Waals surface area contributed by atoms with Crippen LogP contribution in [-0.4, -0.2) is 9.59 Å². The van der Waals surface area contributed by atoms with Crippen molar-refractivity contribution in [2.75, 3.05) is 0 Å². The molecule has 3 nitrogen and oxygen atoms in total. The molecule has 4 heteroatoms. The van der Waals surface area contributed by atoms with Crippen LogP contribution in [0.3, 0.4) is 0 Å². The van der Waals surface area contributed by atoms with E-state index in [1.54, 1.807) is 0 Å². The molecule has 1 rings (SSSR count). The normalized spacial score (nSPS) is 13.7. The van der Waals surface area contributed by atoms with Crippen molar-refractivity contribution in [3.05, 3.63) is 10.6 Å². The summed E-state index contributed by atoms with van der Waals surface area (Å²) in [6.45, 7) is 8.78. The van der Waals surface area contributed by atoms with E-state index in [9.17, 15) is 0 Å². The van der Waals surface area contributed by atoms with Gasteiger partial charge in [0, 0.05) is 6.04 Å². The second-order valence-electron chi connectivity index (χ2n) is 5.11. The van der Waals surface area contributed by atoms with Crippen LogP contribution >= 0.6 is 11.5 Å². The SMILES string of the molecule is CC(C)CCCC(N)c1snnc1C(C)C. The first-order valence-corrected chi connectivity index (χ1v) is 6.87. The van der Waals surface area contributed by atoms with Crippen molar-refractivity contribution in [1.29, 1.82) is 0 Å². The predicted octanol–water partition coefficient (Wildman–Crippen LogP) is 3.49. The standard InChI is InChI=1S/C12H23N3S/c1-8(2)6-5-7-10(13)12-11(9(3)4)14-15-16-12/h8-10H,5-7,13H2,1-4H3. The Morgan fingerprint density at radius 1 is 1.19 bits per heavy atom. The van der Waals surface area contributed by atoms with Gasteiger partial charge in [-0.1, -0.05) is 45.0 Å². The topological polar surface area (TPSA) is 51.8 Å². The molecule has 0 aromatic carbocycles. The van der Waals surface area contributed by atoms with Gasteiger partial charge in [0.15, 0.2) is 0 Å². The molecule has 16 heavy (non-hydrogen) atoms. The fourth-order valence-electron chi connectivity index (χ4n) is 1.74. The first kappa shape index (κ1) is 13.6. The second kappa shape index (κ2) is 6.30. The summed E-state index contributed by atoms with van der Waals surface area (Å²) >= 11 is 1.46. The van der Waals surface area contributed by atoms with Gasteiger partial charge in [-0.15, -0.1) is 5.10 Å². The van der Waals surface area contributed by atoms with Crippen LogP contribution in [0.15, 0.2) is 0 Å². The van der Waals surface area contributed by atoms with Crippen molar-refractivity contribution in [3.63, 3.8) is 0 Å². The average Bonchev–Trinajstić information content (AvgIpc) is 2.65. The molecular formula is C12H23N3S. The van der Waals surface area contributed by atoms with Crippen LogP contribution in [0.1, 0.15) is 69.5 Å². The third kappa shape index (κ3) is 3.83. The molecule has 1 aromatic rings. The molecule has 0 amide bonds. The van der Waals surface area contributed by atoms with E-state index in [1.165, 1.54) is 29.3 Å². The third-order valence-electron chi connectivity index (χ3n) is 2.72. The van der Waals surface area contributed by atoms with Crippen LogP contribution in [0.5, 0.6) is 0 Å².